The van der Waals surface area contributed by atoms with E-state index in [0.717, 1.165) is 31.9 Å². The molecule has 1 heterocycles. The van der Waals surface area contributed by atoms with Gasteiger partial charge in [0.1, 0.15) is 0 Å². The van der Waals surface area contributed by atoms with Crippen molar-refractivity contribution in [3.63, 3.8) is 0 Å². The van der Waals surface area contributed by atoms with E-state index in [-0.39, 0.29) is 5.69 Å². The van der Waals surface area contributed by atoms with Crippen molar-refractivity contribution in [3.05, 3.63) is 34.4 Å². The number of nitro groups is 1. The number of benzene rings is 1. The molecule has 0 aliphatic carbocycles. The predicted octanol–water partition coefficient (Wildman–Crippen LogP) is 5.37. The average Bonchev–Trinajstić information content (AvgIpc) is 2.71. The number of hydrogen-bond donors (Lipinski definition) is 0. The molecule has 0 aromatic heterocycles. The molecule has 0 N–H and O–H groups in total. The molecule has 0 unspecified atom stereocenters. The summed E-state index contributed by atoms with van der Waals surface area (Å²) in [6, 6.07) is 6.61. The maximum absolute atomic E-state index is 10.6. The Kier molecular flexibility index (Phi) is 13.4. The van der Waals surface area contributed by atoms with Gasteiger partial charge in [-0.2, -0.15) is 0 Å². The van der Waals surface area contributed by atoms with E-state index in [0.29, 0.717) is 4.32 Å². The molecule has 28 heavy (non-hydrogen) atoms. The van der Waals surface area contributed by atoms with Gasteiger partial charge in [0, 0.05) is 44.0 Å². The molecular formula is C19H30ClN3O2S2Sn. The van der Waals surface area contributed by atoms with Gasteiger partial charge in [-0.1, -0.05) is 4.32 Å². The van der Waals surface area contributed by atoms with Crippen molar-refractivity contribution in [2.75, 3.05) is 31.1 Å². The summed E-state index contributed by atoms with van der Waals surface area (Å²) < 4.78 is 3.32. The van der Waals surface area contributed by atoms with Crippen molar-refractivity contribution in [2.45, 2.75) is 48.4 Å². The first kappa shape index (κ1) is 25.7. The molecule has 0 saturated carbocycles. The molecular weight excluding hydrogens is 521 g/mol. The van der Waals surface area contributed by atoms with Gasteiger partial charge in [0.25, 0.3) is 5.69 Å². The van der Waals surface area contributed by atoms with Gasteiger partial charge >= 0.3 is 76.0 Å². The Balaban J connectivity index is 0.000000336. The van der Waals surface area contributed by atoms with Crippen LogP contribution in [0, 0.1) is 10.1 Å². The maximum atomic E-state index is 10.6. The number of unbranched alkanes of at least 4 members (excludes halogenated alkanes) is 2. The summed E-state index contributed by atoms with van der Waals surface area (Å²) in [4.78, 5) is 14.3. The summed E-state index contributed by atoms with van der Waals surface area (Å²) in [6.45, 7) is 7.75. The molecule has 0 bridgehead atoms. The number of non-ortho nitro benzene ring substituents is 1. The third kappa shape index (κ3) is 9.89. The number of halogens is 1. The molecule has 0 radical (unpaired) electrons. The van der Waals surface area contributed by atoms with E-state index in [9.17, 15) is 10.1 Å². The van der Waals surface area contributed by atoms with Gasteiger partial charge in [0.2, 0.25) is 0 Å². The molecule has 0 atom stereocenters. The van der Waals surface area contributed by atoms with Crippen LogP contribution in [0.2, 0.25) is 8.87 Å². The van der Waals surface area contributed by atoms with Crippen molar-refractivity contribution in [1.82, 2.24) is 4.90 Å². The van der Waals surface area contributed by atoms with Gasteiger partial charge in [0.05, 0.1) is 4.92 Å². The zero-order chi connectivity index (χ0) is 20.9. The molecule has 1 aliphatic rings. The zero-order valence-corrected chi connectivity index (χ0v) is 22.0. The van der Waals surface area contributed by atoms with E-state index in [1.165, 1.54) is 46.7 Å². The van der Waals surface area contributed by atoms with Gasteiger partial charge in [0.15, 0.2) is 0 Å². The molecule has 2 rings (SSSR count). The van der Waals surface area contributed by atoms with Crippen LogP contribution in [-0.2, 0) is 12.6 Å². The van der Waals surface area contributed by atoms with Crippen molar-refractivity contribution in [1.29, 1.82) is 0 Å². The Labute approximate surface area is 190 Å². The quantitative estimate of drug-likeness (QED) is 0.143. The van der Waals surface area contributed by atoms with Gasteiger partial charge in [-0.3, -0.25) is 10.1 Å². The number of anilines is 1. The van der Waals surface area contributed by atoms with E-state index in [1.54, 1.807) is 12.1 Å². The molecule has 1 aromatic rings. The van der Waals surface area contributed by atoms with E-state index in [2.05, 4.69) is 18.7 Å². The van der Waals surface area contributed by atoms with Crippen LogP contribution in [0.15, 0.2) is 24.3 Å². The van der Waals surface area contributed by atoms with Crippen LogP contribution in [0.4, 0.5) is 11.4 Å². The topological polar surface area (TPSA) is 49.6 Å². The fraction of sp³-hybridized carbons (Fsp3) is 0.632. The molecule has 1 aromatic carbocycles. The average molecular weight is 551 g/mol. The van der Waals surface area contributed by atoms with E-state index < -0.39 is 23.6 Å². The van der Waals surface area contributed by atoms with Gasteiger partial charge < -0.3 is 34.6 Å². The number of rotatable bonds is 8. The minimum Gasteiger partial charge on any atom is -0.411 e. The normalized spacial score (nSPS) is 13.5. The number of nitrogens with zero attached hydrogens (tertiary/aromatic N) is 3. The van der Waals surface area contributed by atoms with Crippen LogP contribution < -0.4 is 4.90 Å². The Bertz CT molecular complexity index is 591. The van der Waals surface area contributed by atoms with Gasteiger partial charge in [-0.15, -0.1) is 0 Å². The second kappa shape index (κ2) is 14.6. The predicted molar refractivity (Wildman–Crippen MR) is 128 cm³/mol. The number of piperazine rings is 1. The minimum atomic E-state index is -1.27. The van der Waals surface area contributed by atoms with Crippen LogP contribution in [0.5, 0.6) is 0 Å². The minimum absolute atomic E-state index is 0.115. The van der Waals surface area contributed by atoms with E-state index in [1.807, 2.05) is 4.90 Å². The monoisotopic (exact) mass is 551 g/mol. The molecule has 1 aliphatic heterocycles. The van der Waals surface area contributed by atoms with Crippen LogP contribution >= 0.6 is 21.1 Å². The number of thiocarbonyl (C=S) groups is 1. The number of hydrogen-bond acceptors (Lipinski definition) is 5. The Hall–Kier alpha value is -0.381. The van der Waals surface area contributed by atoms with E-state index in [4.69, 9.17) is 33.8 Å². The van der Waals surface area contributed by atoms with Gasteiger partial charge in [-0.05, 0) is 12.1 Å². The zero-order valence-electron chi connectivity index (χ0n) is 16.7. The maximum Gasteiger partial charge on any atom is 0.269 e. The standard InChI is InChI=1S/C11H13N3O2S2.2C4H9.ClH.Sn/c15-14(16)10-3-1-9(2-4-10)12-5-7-13(8-6-12)11(17)18;2*1-3-4-2;;/h1-4H,5-8H2,(H,17,18);2*1,3-4H2,2H3;1H;/q;;;;+2/p-2. The first-order valence-corrected chi connectivity index (χ1v) is 18.3. The third-order valence-electron chi connectivity index (χ3n) is 4.57. The van der Waals surface area contributed by atoms with Crippen LogP contribution in [0.3, 0.4) is 0 Å². The molecule has 156 valence electrons. The molecule has 0 spiro atoms. The fourth-order valence-electron chi connectivity index (χ4n) is 2.79. The Morgan fingerprint density at radius 2 is 1.64 bits per heavy atom. The van der Waals surface area contributed by atoms with Crippen LogP contribution in [-0.4, -0.2) is 59.0 Å². The summed E-state index contributed by atoms with van der Waals surface area (Å²) in [6.07, 6.45) is 5.40. The first-order valence-electron chi connectivity index (χ1n) is 9.84. The molecule has 1 saturated heterocycles. The summed E-state index contributed by atoms with van der Waals surface area (Å²) in [5, 5.41) is 10.6. The van der Waals surface area contributed by atoms with Crippen LogP contribution in [0.1, 0.15) is 39.5 Å². The Morgan fingerprint density at radius 3 is 2.04 bits per heavy atom. The van der Waals surface area contributed by atoms with Crippen molar-refractivity contribution in [2.24, 2.45) is 0 Å². The van der Waals surface area contributed by atoms with Crippen molar-refractivity contribution < 1.29 is 4.92 Å². The van der Waals surface area contributed by atoms with Crippen molar-refractivity contribution >= 4 is 68.1 Å². The van der Waals surface area contributed by atoms with Gasteiger partial charge in [-0.25, -0.2) is 0 Å². The fourth-order valence-corrected chi connectivity index (χ4v) is 9.87. The Morgan fingerprint density at radius 1 is 1.14 bits per heavy atom. The second-order valence-electron chi connectivity index (χ2n) is 6.74. The summed E-state index contributed by atoms with van der Waals surface area (Å²) in [5.41, 5.74) is 1.11. The molecule has 1 fully saturated rings. The summed E-state index contributed by atoms with van der Waals surface area (Å²) in [5.74, 6) is 0. The van der Waals surface area contributed by atoms with Crippen molar-refractivity contribution in [3.8, 4) is 0 Å². The molecule has 9 heteroatoms. The summed E-state index contributed by atoms with van der Waals surface area (Å²) >= 11 is 8.66. The summed E-state index contributed by atoms with van der Waals surface area (Å²) in [7, 11) is 6.24. The SMILES string of the molecule is CCC[CH2][Sn+]([Cl])[CH2]CCC.O=[N+]([O-])c1ccc(N2CCN(C(=S)[S-])CC2)cc1. The van der Waals surface area contributed by atoms with Crippen LogP contribution in [0.25, 0.3) is 0 Å². The smallest absolute Gasteiger partial charge is 0.269 e. The third-order valence-corrected chi connectivity index (χ3v) is 12.7. The first-order chi connectivity index (χ1) is 13.4. The number of nitro benzene ring substituents is 1. The molecule has 0 amide bonds. The van der Waals surface area contributed by atoms with E-state index >= 15 is 0 Å². The molecule has 5 nitrogen and oxygen atoms in total. The largest absolute Gasteiger partial charge is 0.411 e. The second-order valence-corrected chi connectivity index (χ2v) is 17.2.